The summed E-state index contributed by atoms with van der Waals surface area (Å²) in [5.74, 6) is -0.677. The average Bonchev–Trinajstić information content (AvgIpc) is 2.30. The number of pyridine rings is 1. The lowest BCUT2D eigenvalue weighted by molar-refractivity contribution is -0.137. The van der Waals surface area contributed by atoms with Gasteiger partial charge in [-0.1, -0.05) is 6.07 Å². The maximum atomic E-state index is 11.5. The van der Waals surface area contributed by atoms with Crippen molar-refractivity contribution in [3.05, 3.63) is 36.7 Å². The van der Waals surface area contributed by atoms with E-state index in [1.807, 2.05) is 0 Å². The number of nitrogens with zero attached hydrogens (tertiary/aromatic N) is 1. The van der Waals surface area contributed by atoms with Crippen LogP contribution in [-0.4, -0.2) is 26.0 Å². The molecule has 1 aromatic heterocycles. The van der Waals surface area contributed by atoms with E-state index in [4.69, 9.17) is 0 Å². The van der Waals surface area contributed by atoms with Gasteiger partial charge in [-0.05, 0) is 19.1 Å². The second-order valence-corrected chi connectivity index (χ2v) is 4.29. The van der Waals surface area contributed by atoms with Crippen LogP contribution in [0.2, 0.25) is 0 Å². The Morgan fingerprint density at radius 3 is 2.82 bits per heavy atom. The van der Waals surface area contributed by atoms with Gasteiger partial charge in [0.15, 0.2) is 5.03 Å². The maximum Gasteiger partial charge on any atom is 0.356 e. The summed E-state index contributed by atoms with van der Waals surface area (Å²) < 4.78 is 32.0. The van der Waals surface area contributed by atoms with Crippen molar-refractivity contribution in [2.45, 2.75) is 11.9 Å². The molecule has 0 N–H and O–H groups in total. The van der Waals surface area contributed by atoms with E-state index in [1.54, 1.807) is 13.0 Å². The Morgan fingerprint density at radius 2 is 2.24 bits per heavy atom. The molecule has 6 nitrogen and oxygen atoms in total. The molecule has 0 saturated heterocycles. The quantitative estimate of drug-likeness (QED) is 0.337. The maximum absolute atomic E-state index is 11.5. The molecule has 0 aliphatic rings. The van der Waals surface area contributed by atoms with Gasteiger partial charge in [0, 0.05) is 6.20 Å². The van der Waals surface area contributed by atoms with Crippen molar-refractivity contribution in [3.8, 4) is 0 Å². The Hall–Kier alpha value is -1.89. The van der Waals surface area contributed by atoms with E-state index in [0.717, 1.165) is 12.3 Å². The smallest absolute Gasteiger partial charge is 0.356 e. The molecule has 1 heterocycles. The number of carbonyl (C=O) groups is 1. The van der Waals surface area contributed by atoms with Crippen LogP contribution in [0.4, 0.5) is 0 Å². The van der Waals surface area contributed by atoms with Crippen LogP contribution in [0.3, 0.4) is 0 Å². The minimum Gasteiger partial charge on any atom is -0.463 e. The Bertz CT molecular complexity index is 495. The summed E-state index contributed by atoms with van der Waals surface area (Å²) in [4.78, 5) is 14.5. The molecular formula is C10H11NO5S. The van der Waals surface area contributed by atoms with Crippen LogP contribution >= 0.6 is 0 Å². The van der Waals surface area contributed by atoms with Crippen LogP contribution in [0.15, 0.2) is 41.8 Å². The molecule has 0 radical (unpaired) electrons. The van der Waals surface area contributed by atoms with Crippen LogP contribution in [0.1, 0.15) is 6.92 Å². The topological polar surface area (TPSA) is 82.6 Å². The standard InChI is InChI=1S/C10H11NO5S/c1-2-15-10(12)6-8-16-17(13,14)9-5-3-4-7-11-9/h3-8H,2H2,1H3. The monoisotopic (exact) mass is 257 g/mol. The van der Waals surface area contributed by atoms with Crippen molar-refractivity contribution in [1.29, 1.82) is 0 Å². The normalized spacial score (nSPS) is 11.4. The van der Waals surface area contributed by atoms with E-state index >= 15 is 0 Å². The molecular weight excluding hydrogens is 246 g/mol. The third-order valence-electron chi connectivity index (χ3n) is 1.57. The van der Waals surface area contributed by atoms with E-state index in [1.165, 1.54) is 18.3 Å². The van der Waals surface area contributed by atoms with Gasteiger partial charge in [0.2, 0.25) is 0 Å². The average molecular weight is 257 g/mol. The van der Waals surface area contributed by atoms with Crippen LogP contribution in [0, 0.1) is 0 Å². The molecule has 0 unspecified atom stereocenters. The summed E-state index contributed by atoms with van der Waals surface area (Å²) >= 11 is 0. The summed E-state index contributed by atoms with van der Waals surface area (Å²) in [6, 6.07) is 4.37. The number of rotatable bonds is 5. The lowest BCUT2D eigenvalue weighted by Gasteiger charge is -2.00. The largest absolute Gasteiger partial charge is 0.463 e. The van der Waals surface area contributed by atoms with E-state index in [9.17, 15) is 13.2 Å². The van der Waals surface area contributed by atoms with Crippen molar-refractivity contribution in [2.24, 2.45) is 0 Å². The predicted octanol–water partition coefficient (Wildman–Crippen LogP) is 0.864. The minimum atomic E-state index is -3.98. The minimum absolute atomic E-state index is 0.205. The Kier molecular flexibility index (Phi) is 4.65. The molecule has 17 heavy (non-hydrogen) atoms. The molecule has 0 aliphatic carbocycles. The first-order valence-corrected chi connectivity index (χ1v) is 6.14. The molecule has 0 bridgehead atoms. The van der Waals surface area contributed by atoms with Gasteiger partial charge in [0.1, 0.15) is 6.26 Å². The van der Waals surface area contributed by atoms with Crippen molar-refractivity contribution < 1.29 is 22.1 Å². The van der Waals surface area contributed by atoms with Crippen molar-refractivity contribution >= 4 is 16.1 Å². The second kappa shape index (κ2) is 6.00. The number of hydrogen-bond acceptors (Lipinski definition) is 6. The second-order valence-electron chi connectivity index (χ2n) is 2.77. The molecule has 0 amide bonds. The van der Waals surface area contributed by atoms with Gasteiger partial charge < -0.3 is 8.92 Å². The van der Waals surface area contributed by atoms with E-state index in [2.05, 4.69) is 13.9 Å². The number of hydrogen-bond donors (Lipinski definition) is 0. The highest BCUT2D eigenvalue weighted by Gasteiger charge is 2.14. The van der Waals surface area contributed by atoms with Gasteiger partial charge in [0.05, 0.1) is 12.7 Å². The lowest BCUT2D eigenvalue weighted by Crippen LogP contribution is -2.05. The fourth-order valence-electron chi connectivity index (χ4n) is 0.891. The van der Waals surface area contributed by atoms with E-state index < -0.39 is 16.1 Å². The fourth-order valence-corrected chi connectivity index (χ4v) is 1.63. The van der Waals surface area contributed by atoms with Crippen LogP contribution < -0.4 is 0 Å². The van der Waals surface area contributed by atoms with E-state index in [-0.39, 0.29) is 11.6 Å². The summed E-state index contributed by atoms with van der Waals surface area (Å²) in [7, 11) is -3.98. The molecule has 0 atom stereocenters. The number of esters is 1. The third kappa shape index (κ3) is 4.23. The Balaban J connectivity index is 2.66. The van der Waals surface area contributed by atoms with Gasteiger partial charge in [-0.15, -0.1) is 0 Å². The van der Waals surface area contributed by atoms with Crippen LogP contribution in [0.25, 0.3) is 0 Å². The first kappa shape index (κ1) is 13.2. The van der Waals surface area contributed by atoms with Gasteiger partial charge in [-0.3, -0.25) is 0 Å². The molecule has 0 aliphatic heterocycles. The van der Waals surface area contributed by atoms with Gasteiger partial charge in [-0.2, -0.15) is 8.42 Å². The van der Waals surface area contributed by atoms with Gasteiger partial charge >= 0.3 is 16.1 Å². The van der Waals surface area contributed by atoms with Crippen LogP contribution in [0.5, 0.6) is 0 Å². The number of carbonyl (C=O) groups excluding carboxylic acids is 1. The molecule has 1 aromatic rings. The summed E-state index contributed by atoms with van der Waals surface area (Å²) in [6.07, 6.45) is 2.96. The van der Waals surface area contributed by atoms with Crippen LogP contribution in [-0.2, 0) is 23.8 Å². The first-order chi connectivity index (χ1) is 8.06. The van der Waals surface area contributed by atoms with Crippen molar-refractivity contribution in [1.82, 2.24) is 4.98 Å². The highest BCUT2D eigenvalue weighted by atomic mass is 32.2. The summed E-state index contributed by atoms with van der Waals surface area (Å²) in [5, 5.41) is -0.228. The molecule has 92 valence electrons. The molecule has 7 heteroatoms. The zero-order valence-electron chi connectivity index (χ0n) is 9.07. The summed E-state index contributed by atoms with van der Waals surface area (Å²) in [6.45, 7) is 1.84. The highest BCUT2D eigenvalue weighted by molar-refractivity contribution is 7.86. The Labute approximate surface area is 99.0 Å². The summed E-state index contributed by atoms with van der Waals surface area (Å²) in [5.41, 5.74) is 0. The molecule has 0 fully saturated rings. The first-order valence-electron chi connectivity index (χ1n) is 4.74. The molecule has 0 saturated carbocycles. The third-order valence-corrected chi connectivity index (χ3v) is 2.69. The van der Waals surface area contributed by atoms with E-state index in [0.29, 0.717) is 0 Å². The lowest BCUT2D eigenvalue weighted by atomic mass is 10.5. The van der Waals surface area contributed by atoms with Crippen molar-refractivity contribution in [3.63, 3.8) is 0 Å². The van der Waals surface area contributed by atoms with Crippen molar-refractivity contribution in [2.75, 3.05) is 6.61 Å². The number of aromatic nitrogens is 1. The Morgan fingerprint density at radius 1 is 1.47 bits per heavy atom. The zero-order chi connectivity index (χ0) is 12.7. The van der Waals surface area contributed by atoms with Gasteiger partial charge in [-0.25, -0.2) is 9.78 Å². The molecule has 1 rings (SSSR count). The number of ether oxygens (including phenoxy) is 1. The molecule has 0 aromatic carbocycles. The predicted molar refractivity (Wildman–Crippen MR) is 58.3 cm³/mol. The highest BCUT2D eigenvalue weighted by Crippen LogP contribution is 2.07. The zero-order valence-corrected chi connectivity index (χ0v) is 9.88. The van der Waals surface area contributed by atoms with Gasteiger partial charge in [0.25, 0.3) is 0 Å². The fraction of sp³-hybridized carbons (Fsp3) is 0.200. The molecule has 0 spiro atoms. The SMILES string of the molecule is CCOC(=O)C=COS(=O)(=O)c1ccccn1.